The number of hydrogen-bond acceptors (Lipinski definition) is 3. The molecule has 0 amide bonds. The van der Waals surface area contributed by atoms with Crippen LogP contribution < -0.4 is 20.6 Å². The Morgan fingerprint density at radius 2 is 0.733 bits per heavy atom. The molecule has 0 spiro atoms. The van der Waals surface area contributed by atoms with Crippen molar-refractivity contribution in [1.29, 1.82) is 0 Å². The van der Waals surface area contributed by atoms with Gasteiger partial charge in [-0.3, -0.25) is 4.79 Å². The van der Waals surface area contributed by atoms with E-state index in [1.54, 1.807) is 22.3 Å². The molecule has 3 aliphatic heterocycles. The molecule has 250 valence electrons. The number of fused-ring (bicyclic) bond motifs is 8. The third-order valence-corrected chi connectivity index (χ3v) is 10.5. The Balaban J connectivity index is 0.00000104. The second-order valence-electron chi connectivity index (χ2n) is 12.7. The van der Waals surface area contributed by atoms with E-state index >= 15 is 0 Å². The molecule has 0 saturated carbocycles. The van der Waals surface area contributed by atoms with Crippen LogP contribution in [-0.4, -0.2) is 35.2 Å². The fraction of sp³-hybridized carbons (Fsp3) is 0.658. The first-order chi connectivity index (χ1) is 21.2. The molecule has 7 heteroatoms. The predicted octanol–water partition coefficient (Wildman–Crippen LogP) is 6.74. The molecule has 0 aliphatic carbocycles. The summed E-state index contributed by atoms with van der Waals surface area (Å²) in [5.41, 5.74) is 18.0. The van der Waals surface area contributed by atoms with E-state index in [0.29, 0.717) is 24.2 Å². The van der Waals surface area contributed by atoms with E-state index in [4.69, 9.17) is 19.9 Å². The SMILES string of the molecule is CC(=O)O.CCC1=C(CC)C2Cc3[n-]c(c(CC)c3CC)CC3NC(Cc4[n-]c(c(CC)c4CC)CC1N2)C(CC)=C3CC.[Fe+2]. The molecule has 0 radical (unpaired) electrons. The molecule has 2 aromatic heterocycles. The molecule has 5 rings (SSSR count). The van der Waals surface area contributed by atoms with E-state index in [1.807, 2.05) is 0 Å². The van der Waals surface area contributed by atoms with Gasteiger partial charge >= 0.3 is 17.1 Å². The van der Waals surface area contributed by atoms with E-state index < -0.39 is 5.97 Å². The van der Waals surface area contributed by atoms with Crippen molar-refractivity contribution in [3.63, 3.8) is 0 Å². The largest absolute Gasteiger partial charge is 2.00 e. The summed E-state index contributed by atoms with van der Waals surface area (Å²) in [5, 5.41) is 15.7. The first kappa shape index (κ1) is 37.4. The van der Waals surface area contributed by atoms with E-state index in [0.717, 1.165) is 84.0 Å². The summed E-state index contributed by atoms with van der Waals surface area (Å²) in [5.74, 6) is -0.833. The van der Waals surface area contributed by atoms with Gasteiger partial charge in [-0.2, -0.15) is 22.8 Å². The molecular formula is C38H58FeN4O2. The molecular weight excluding hydrogens is 600 g/mol. The molecule has 4 unspecified atom stereocenters. The molecule has 0 aromatic carbocycles. The Hall–Kier alpha value is -2.05. The van der Waals surface area contributed by atoms with Crippen LogP contribution in [0.5, 0.6) is 0 Å². The van der Waals surface area contributed by atoms with Gasteiger partial charge in [0.25, 0.3) is 5.97 Å². The van der Waals surface area contributed by atoms with Gasteiger partial charge in [0.05, 0.1) is 0 Å². The fourth-order valence-corrected chi connectivity index (χ4v) is 8.82. The van der Waals surface area contributed by atoms with Gasteiger partial charge < -0.3 is 25.7 Å². The summed E-state index contributed by atoms with van der Waals surface area (Å²) in [6.45, 7) is 19.8. The maximum absolute atomic E-state index is 9.00. The average Bonchev–Trinajstić information content (AvgIpc) is 3.71. The molecule has 3 aliphatic rings. The average molecular weight is 659 g/mol. The molecule has 5 heterocycles. The summed E-state index contributed by atoms with van der Waals surface area (Å²) in [7, 11) is 0. The number of hydrogen-bond donors (Lipinski definition) is 3. The number of carboxylic acids is 1. The molecule has 0 saturated heterocycles. The van der Waals surface area contributed by atoms with Crippen LogP contribution in [0, 0.1) is 0 Å². The standard InChI is InChI=1S/C36H54N4.C2H4O2.Fe/c1-9-21-22(10-2)30-18-32-25(13-5)26(14-6)34(39-32)20-36-28(16-8)27(15-7)35(40-36)19-33-24(12-4)23(11-3)31(38-33)17-29(21)37-30;1-2(3)4;/h29-30,35-37,40H,9-20H2,1-8H3;1H3,(H,3,4);/q-2;;+2. The summed E-state index contributed by atoms with van der Waals surface area (Å²) < 4.78 is 0. The predicted molar refractivity (Wildman–Crippen MR) is 182 cm³/mol. The van der Waals surface area contributed by atoms with Gasteiger partial charge in [0.1, 0.15) is 0 Å². The topological polar surface area (TPSA) is 89.6 Å². The molecule has 2 aromatic rings. The summed E-state index contributed by atoms with van der Waals surface area (Å²) in [6, 6.07) is 1.53. The van der Waals surface area contributed by atoms with Crippen LogP contribution in [0.1, 0.15) is 133 Å². The number of aromatic nitrogens is 2. The van der Waals surface area contributed by atoms with Crippen LogP contribution >= 0.6 is 0 Å². The third kappa shape index (κ3) is 7.59. The van der Waals surface area contributed by atoms with Crippen molar-refractivity contribution in [2.45, 2.75) is 164 Å². The van der Waals surface area contributed by atoms with E-state index in [1.165, 1.54) is 45.0 Å². The maximum Gasteiger partial charge on any atom is 2.00 e. The van der Waals surface area contributed by atoms with E-state index in [-0.39, 0.29) is 17.1 Å². The van der Waals surface area contributed by atoms with Gasteiger partial charge in [-0.05, 0) is 77.0 Å². The number of carboxylic acid groups (broad SMARTS) is 1. The quantitative estimate of drug-likeness (QED) is 0.215. The molecule has 3 N–H and O–H groups in total. The first-order valence-electron chi connectivity index (χ1n) is 17.7. The van der Waals surface area contributed by atoms with Crippen LogP contribution in [0.3, 0.4) is 0 Å². The van der Waals surface area contributed by atoms with Crippen molar-refractivity contribution in [1.82, 2.24) is 20.6 Å². The van der Waals surface area contributed by atoms with Crippen molar-refractivity contribution in [3.05, 3.63) is 67.3 Å². The Kier molecular flexibility index (Phi) is 13.9. The molecule has 6 nitrogen and oxygen atoms in total. The minimum atomic E-state index is -0.833. The van der Waals surface area contributed by atoms with E-state index in [2.05, 4.69) is 66.0 Å². The normalized spacial score (nSPS) is 22.8. The summed E-state index contributed by atoms with van der Waals surface area (Å²) in [6.07, 6.45) is 12.8. The van der Waals surface area contributed by atoms with Gasteiger partial charge in [-0.15, -0.1) is 0 Å². The zero-order valence-corrected chi connectivity index (χ0v) is 30.5. The third-order valence-electron chi connectivity index (χ3n) is 10.5. The van der Waals surface area contributed by atoms with E-state index in [9.17, 15) is 0 Å². The first-order valence-corrected chi connectivity index (χ1v) is 17.7. The minimum absolute atomic E-state index is 0. The molecule has 0 fully saturated rings. The van der Waals surface area contributed by atoms with Gasteiger partial charge in [0.15, 0.2) is 0 Å². The van der Waals surface area contributed by atoms with Crippen LogP contribution in [0.15, 0.2) is 22.3 Å². The molecule has 8 bridgehead atoms. The number of nitrogens with zero attached hydrogens (tertiary/aromatic N) is 2. The Bertz CT molecular complexity index is 1190. The van der Waals surface area contributed by atoms with Crippen LogP contribution in [-0.2, 0) is 73.2 Å². The zero-order valence-electron chi connectivity index (χ0n) is 29.4. The maximum atomic E-state index is 9.00. The summed E-state index contributed by atoms with van der Waals surface area (Å²) in [4.78, 5) is 20.0. The smallest absolute Gasteiger partial charge is 0.664 e. The number of nitrogens with one attached hydrogen (secondary N) is 2. The fourth-order valence-electron chi connectivity index (χ4n) is 8.82. The Labute approximate surface area is 283 Å². The molecule has 4 atom stereocenters. The monoisotopic (exact) mass is 658 g/mol. The molecule has 45 heavy (non-hydrogen) atoms. The Morgan fingerprint density at radius 1 is 0.533 bits per heavy atom. The van der Waals surface area contributed by atoms with Crippen molar-refractivity contribution >= 4 is 5.97 Å². The summed E-state index contributed by atoms with van der Waals surface area (Å²) >= 11 is 0. The zero-order chi connectivity index (χ0) is 32.1. The second kappa shape index (κ2) is 16.7. The van der Waals surface area contributed by atoms with Gasteiger partial charge in [0, 0.05) is 31.1 Å². The van der Waals surface area contributed by atoms with Crippen LogP contribution in [0.2, 0.25) is 0 Å². The number of aliphatic carboxylic acids is 1. The van der Waals surface area contributed by atoms with Crippen molar-refractivity contribution < 1.29 is 27.0 Å². The minimum Gasteiger partial charge on any atom is -0.664 e. The van der Waals surface area contributed by atoms with Gasteiger partial charge in [-0.1, -0.05) is 99.9 Å². The van der Waals surface area contributed by atoms with Crippen molar-refractivity contribution in [2.24, 2.45) is 0 Å². The Morgan fingerprint density at radius 3 is 0.889 bits per heavy atom. The van der Waals surface area contributed by atoms with Gasteiger partial charge in [0.2, 0.25) is 0 Å². The number of carbonyl (C=O) groups is 1. The number of rotatable bonds is 8. The van der Waals surface area contributed by atoms with Crippen molar-refractivity contribution in [3.8, 4) is 0 Å². The van der Waals surface area contributed by atoms with Crippen LogP contribution in [0.25, 0.3) is 0 Å². The second-order valence-corrected chi connectivity index (χ2v) is 12.7. The van der Waals surface area contributed by atoms with Crippen molar-refractivity contribution in [2.75, 3.05) is 0 Å². The van der Waals surface area contributed by atoms with Gasteiger partial charge in [-0.25, -0.2) is 0 Å². The van der Waals surface area contributed by atoms with Crippen LogP contribution in [0.4, 0.5) is 0 Å².